The quantitative estimate of drug-likeness (QED) is 0.167. The van der Waals surface area contributed by atoms with Gasteiger partial charge in [0.1, 0.15) is 0 Å². The molecule has 10 aromatic rings. The van der Waals surface area contributed by atoms with Gasteiger partial charge in [0.15, 0.2) is 0 Å². The van der Waals surface area contributed by atoms with Gasteiger partial charge in [0.25, 0.3) is 0 Å². The molecule has 4 heteroatoms. The molecule has 10 rings (SSSR count). The van der Waals surface area contributed by atoms with Gasteiger partial charge in [-0.2, -0.15) is 0 Å². The largest absolute Gasteiger partial charge is 0.355 e. The molecule has 246 valence electrons. The van der Waals surface area contributed by atoms with E-state index in [1.165, 1.54) is 63.9 Å². The molecule has 2 aromatic heterocycles. The minimum Gasteiger partial charge on any atom is -0.355 e. The minimum atomic E-state index is 1.04. The van der Waals surface area contributed by atoms with Crippen LogP contribution in [0.3, 0.4) is 0 Å². The highest BCUT2D eigenvalue weighted by Gasteiger charge is 2.19. The van der Waals surface area contributed by atoms with Crippen molar-refractivity contribution in [1.82, 2.24) is 9.13 Å². The van der Waals surface area contributed by atoms with Crippen LogP contribution in [-0.2, 0) is 0 Å². The molecule has 0 atom stereocenters. The fraction of sp³-hybridized carbons (Fsp3) is 0. The zero-order chi connectivity index (χ0) is 34.6. The summed E-state index contributed by atoms with van der Waals surface area (Å²) in [7, 11) is 0. The summed E-state index contributed by atoms with van der Waals surface area (Å²) in [6.45, 7) is 0. The van der Waals surface area contributed by atoms with E-state index in [1.807, 2.05) is 0 Å². The highest BCUT2D eigenvalue weighted by atomic mass is 127. The fourth-order valence-corrected chi connectivity index (χ4v) is 8.25. The van der Waals surface area contributed by atoms with Crippen LogP contribution in [0.25, 0.3) is 77.2 Å². The lowest BCUT2D eigenvalue weighted by Gasteiger charge is -2.15. The van der Waals surface area contributed by atoms with Crippen molar-refractivity contribution in [1.29, 1.82) is 0 Å². The third-order valence-corrected chi connectivity index (χ3v) is 10.8. The summed E-state index contributed by atoms with van der Waals surface area (Å²) >= 11 is 2.42. The van der Waals surface area contributed by atoms with Crippen LogP contribution in [0.4, 0.5) is 11.4 Å². The van der Waals surface area contributed by atoms with Gasteiger partial charge in [-0.1, -0.05) is 109 Å². The maximum Gasteiger partial charge on any atom is 0.0562 e. The topological polar surface area (TPSA) is 21.9 Å². The number of anilines is 2. The Morgan fingerprint density at radius 3 is 1.58 bits per heavy atom. The third-order valence-electron chi connectivity index (χ3n) is 10.1. The Morgan fingerprint density at radius 2 is 0.904 bits per heavy atom. The Bertz CT molecular complexity index is 2910. The second-order valence-corrected chi connectivity index (χ2v) is 14.5. The molecule has 8 aromatic carbocycles. The predicted molar refractivity (Wildman–Crippen MR) is 228 cm³/mol. The van der Waals surface area contributed by atoms with Crippen molar-refractivity contribution in [3.05, 3.63) is 192 Å². The maximum absolute atomic E-state index is 3.93. The number of halogens is 1. The van der Waals surface area contributed by atoms with E-state index in [2.05, 4.69) is 225 Å². The molecule has 0 aliphatic rings. The van der Waals surface area contributed by atoms with E-state index < -0.39 is 0 Å². The summed E-state index contributed by atoms with van der Waals surface area (Å²) in [6, 6.07) is 67.8. The summed E-state index contributed by atoms with van der Waals surface area (Å²) in [5, 5.41) is 8.83. The monoisotopic (exact) mass is 777 g/mol. The molecule has 52 heavy (non-hydrogen) atoms. The first-order valence-corrected chi connectivity index (χ1v) is 18.6. The number of hydrogen-bond acceptors (Lipinski definition) is 1. The number of aromatic nitrogens is 2. The molecule has 0 spiro atoms. The van der Waals surface area contributed by atoms with E-state index in [0.717, 1.165) is 28.3 Å². The van der Waals surface area contributed by atoms with E-state index in [1.54, 1.807) is 0 Å². The van der Waals surface area contributed by atoms with E-state index in [9.17, 15) is 0 Å². The average Bonchev–Trinajstić information content (AvgIpc) is 3.69. The minimum absolute atomic E-state index is 1.04. The number of rotatable bonds is 6. The van der Waals surface area contributed by atoms with Gasteiger partial charge in [-0.15, -0.1) is 0 Å². The second-order valence-electron chi connectivity index (χ2n) is 13.2. The van der Waals surface area contributed by atoms with Gasteiger partial charge in [0.2, 0.25) is 0 Å². The van der Waals surface area contributed by atoms with Gasteiger partial charge < -0.3 is 14.5 Å². The van der Waals surface area contributed by atoms with Gasteiger partial charge in [-0.3, -0.25) is 0 Å². The second kappa shape index (κ2) is 12.6. The first-order chi connectivity index (χ1) is 25.7. The van der Waals surface area contributed by atoms with Crippen LogP contribution in [0.2, 0.25) is 0 Å². The van der Waals surface area contributed by atoms with E-state index in [0.29, 0.717) is 0 Å². The Morgan fingerprint density at radius 1 is 0.365 bits per heavy atom. The number of benzene rings is 8. The van der Waals surface area contributed by atoms with Crippen LogP contribution in [0, 0.1) is 3.57 Å². The Labute approximate surface area is 315 Å². The molecule has 0 fully saturated rings. The van der Waals surface area contributed by atoms with Crippen molar-refractivity contribution in [2.75, 3.05) is 5.32 Å². The molecule has 0 saturated carbocycles. The van der Waals surface area contributed by atoms with Crippen LogP contribution in [-0.4, -0.2) is 9.13 Å². The summed E-state index contributed by atoms with van der Waals surface area (Å²) < 4.78 is 5.99. The molecule has 0 bridgehead atoms. The number of para-hydroxylation sites is 2. The molecule has 0 radical (unpaired) electrons. The van der Waals surface area contributed by atoms with Gasteiger partial charge in [0, 0.05) is 53.4 Å². The average molecular weight is 778 g/mol. The molecule has 2 heterocycles. The number of nitrogens with one attached hydrogen (secondary N) is 1. The van der Waals surface area contributed by atoms with Crippen molar-refractivity contribution < 1.29 is 0 Å². The SMILES string of the molecule is Ic1ccc2c3cc(-c4ccccc4)c(Nc4ccc5c(c4)c4cc(-c6ccccc6)ccc4n5-c4ccccc4)cc3n(-c3ccccc3)c2c1. The highest BCUT2D eigenvalue weighted by Crippen LogP contribution is 2.42. The van der Waals surface area contributed by atoms with Gasteiger partial charge in [-0.05, 0) is 118 Å². The van der Waals surface area contributed by atoms with Crippen molar-refractivity contribution in [2.45, 2.75) is 0 Å². The molecule has 0 amide bonds. The van der Waals surface area contributed by atoms with E-state index >= 15 is 0 Å². The summed E-state index contributed by atoms with van der Waals surface area (Å²) in [6.07, 6.45) is 0. The lowest BCUT2D eigenvalue weighted by molar-refractivity contribution is 1.18. The number of nitrogens with zero attached hydrogens (tertiary/aromatic N) is 2. The van der Waals surface area contributed by atoms with Gasteiger partial charge in [-0.25, -0.2) is 0 Å². The smallest absolute Gasteiger partial charge is 0.0562 e. The lowest BCUT2D eigenvalue weighted by Crippen LogP contribution is -1.97. The normalized spacial score (nSPS) is 11.6. The molecule has 0 saturated heterocycles. The van der Waals surface area contributed by atoms with Gasteiger partial charge >= 0.3 is 0 Å². The number of hydrogen-bond donors (Lipinski definition) is 1. The Hall–Kier alpha value is -6.11. The molecule has 0 unspecified atom stereocenters. The molecule has 0 aliphatic carbocycles. The molecule has 0 aliphatic heterocycles. The first-order valence-electron chi connectivity index (χ1n) is 17.5. The highest BCUT2D eigenvalue weighted by molar-refractivity contribution is 14.1. The van der Waals surface area contributed by atoms with E-state index in [-0.39, 0.29) is 0 Å². The predicted octanol–water partition coefficient (Wildman–Crippen LogP) is 13.6. The molecule has 1 N–H and O–H groups in total. The summed E-state index contributed by atoms with van der Waals surface area (Å²) in [5.41, 5.74) is 13.9. The Kier molecular flexibility index (Phi) is 7.43. The molecule has 3 nitrogen and oxygen atoms in total. The summed E-state index contributed by atoms with van der Waals surface area (Å²) in [5.74, 6) is 0. The molecular formula is C48H32IN3. The van der Waals surface area contributed by atoms with Crippen LogP contribution in [0.1, 0.15) is 0 Å². The van der Waals surface area contributed by atoms with Crippen LogP contribution < -0.4 is 5.32 Å². The van der Waals surface area contributed by atoms with Crippen LogP contribution in [0.5, 0.6) is 0 Å². The summed E-state index contributed by atoms with van der Waals surface area (Å²) in [4.78, 5) is 0. The van der Waals surface area contributed by atoms with Crippen LogP contribution in [0.15, 0.2) is 188 Å². The lowest BCUT2D eigenvalue weighted by atomic mass is 10.00. The standard InChI is InChI=1S/C48H32IN3/c49-35-22-24-39-43-30-40(33-15-7-2-8-16-33)44(31-48(43)52(47(39)28-35)38-19-11-4-12-20-38)50-36-23-26-46-42(29-36)41-27-34(32-13-5-1-6-14-32)21-25-45(41)51(46)37-17-9-3-10-18-37/h1-31,50H. The van der Waals surface area contributed by atoms with Crippen molar-refractivity contribution in [3.63, 3.8) is 0 Å². The van der Waals surface area contributed by atoms with E-state index in [4.69, 9.17) is 0 Å². The maximum atomic E-state index is 3.93. The van der Waals surface area contributed by atoms with Crippen molar-refractivity contribution in [3.8, 4) is 33.6 Å². The van der Waals surface area contributed by atoms with Crippen molar-refractivity contribution >= 4 is 77.6 Å². The van der Waals surface area contributed by atoms with Crippen molar-refractivity contribution in [2.24, 2.45) is 0 Å². The first kappa shape index (κ1) is 30.7. The van der Waals surface area contributed by atoms with Crippen LogP contribution >= 0.6 is 22.6 Å². The molecular weight excluding hydrogens is 745 g/mol. The number of fused-ring (bicyclic) bond motifs is 6. The third kappa shape index (κ3) is 5.18. The zero-order valence-corrected chi connectivity index (χ0v) is 30.3. The zero-order valence-electron chi connectivity index (χ0n) is 28.2. The Balaban J connectivity index is 1.20. The van der Waals surface area contributed by atoms with Gasteiger partial charge in [0.05, 0.1) is 22.1 Å². The fourth-order valence-electron chi connectivity index (χ4n) is 7.77.